The average molecular weight is 445 g/mol. The van der Waals surface area contributed by atoms with E-state index in [-0.39, 0.29) is 5.92 Å². The van der Waals surface area contributed by atoms with Crippen LogP contribution >= 0.6 is 0 Å². The lowest BCUT2D eigenvalue weighted by molar-refractivity contribution is 0.459. The molecule has 1 aliphatic rings. The lowest BCUT2D eigenvalue weighted by Gasteiger charge is -2.16. The summed E-state index contributed by atoms with van der Waals surface area (Å²) < 4.78 is 31.1. The van der Waals surface area contributed by atoms with E-state index >= 15 is 0 Å². The molecule has 0 bridgehead atoms. The van der Waals surface area contributed by atoms with Crippen molar-refractivity contribution < 1.29 is 13.2 Å². The van der Waals surface area contributed by atoms with Crippen LogP contribution in [0.4, 0.5) is 0 Å². The van der Waals surface area contributed by atoms with E-state index in [1.165, 1.54) is 6.26 Å². The summed E-state index contributed by atoms with van der Waals surface area (Å²) >= 11 is 0. The quantitative estimate of drug-likeness (QED) is 0.483. The Kier molecular flexibility index (Phi) is 7.92. The van der Waals surface area contributed by atoms with E-state index in [2.05, 4.69) is 16.7 Å². The molecular formula is C23H32N4O3S. The van der Waals surface area contributed by atoms with Gasteiger partial charge >= 0.3 is 0 Å². The van der Waals surface area contributed by atoms with Crippen molar-refractivity contribution >= 4 is 16.0 Å². The minimum absolute atomic E-state index is 0.273. The summed E-state index contributed by atoms with van der Waals surface area (Å²) in [4.78, 5) is 4.73. The van der Waals surface area contributed by atoms with Crippen LogP contribution in [0.3, 0.4) is 0 Å². The summed E-state index contributed by atoms with van der Waals surface area (Å²) in [7, 11) is -3.12. The number of hydrogen-bond donors (Lipinski definition) is 2. The fraction of sp³-hybridized carbons (Fsp3) is 0.435. The summed E-state index contributed by atoms with van der Waals surface area (Å²) in [5.41, 5.74) is 2.12. The van der Waals surface area contributed by atoms with Gasteiger partial charge in [-0.25, -0.2) is 17.7 Å². The van der Waals surface area contributed by atoms with Gasteiger partial charge in [0.25, 0.3) is 0 Å². The van der Waals surface area contributed by atoms with Crippen molar-refractivity contribution in [2.45, 2.75) is 26.8 Å². The lowest BCUT2D eigenvalue weighted by atomic mass is 10.1. The van der Waals surface area contributed by atoms with Crippen molar-refractivity contribution in [2.75, 3.05) is 32.4 Å². The molecular weight excluding hydrogens is 412 g/mol. The average Bonchev–Trinajstić information content (AvgIpc) is 3.22. The molecule has 2 N–H and O–H groups in total. The molecule has 31 heavy (non-hydrogen) atoms. The number of aryl methyl sites for hydroxylation is 1. The highest BCUT2D eigenvalue weighted by atomic mass is 32.2. The maximum atomic E-state index is 11.7. The van der Waals surface area contributed by atoms with Gasteiger partial charge in [-0.15, -0.1) is 0 Å². The number of guanidine groups is 1. The van der Waals surface area contributed by atoms with Gasteiger partial charge in [0.1, 0.15) is 11.5 Å². The van der Waals surface area contributed by atoms with Gasteiger partial charge in [0, 0.05) is 31.7 Å². The van der Waals surface area contributed by atoms with E-state index in [0.717, 1.165) is 35.6 Å². The highest BCUT2D eigenvalue weighted by Gasteiger charge is 2.28. The topological polar surface area (TPSA) is 83.0 Å². The van der Waals surface area contributed by atoms with Crippen molar-refractivity contribution in [3.63, 3.8) is 0 Å². The van der Waals surface area contributed by atoms with Crippen molar-refractivity contribution in [1.29, 1.82) is 0 Å². The zero-order valence-electron chi connectivity index (χ0n) is 18.5. The summed E-state index contributed by atoms with van der Waals surface area (Å²) in [6.07, 6.45) is 2.12. The zero-order chi connectivity index (χ0) is 22.3. The number of benzene rings is 2. The molecule has 1 saturated heterocycles. The second-order valence-corrected chi connectivity index (χ2v) is 9.86. The number of para-hydroxylation sites is 1. The fourth-order valence-corrected chi connectivity index (χ4v) is 4.43. The number of hydrogen-bond acceptors (Lipinski definition) is 4. The highest BCUT2D eigenvalue weighted by molar-refractivity contribution is 7.88. The van der Waals surface area contributed by atoms with Crippen LogP contribution in [-0.2, 0) is 16.6 Å². The van der Waals surface area contributed by atoms with E-state index < -0.39 is 10.0 Å². The summed E-state index contributed by atoms with van der Waals surface area (Å²) in [6, 6.07) is 15.8. The first-order valence-electron chi connectivity index (χ1n) is 10.6. The lowest BCUT2D eigenvalue weighted by Crippen LogP contribution is -2.40. The molecule has 0 aromatic heterocycles. The van der Waals surface area contributed by atoms with Crippen molar-refractivity contribution in [3.8, 4) is 11.5 Å². The Labute approximate surface area is 185 Å². The standard InChI is InChI=1S/C23H32N4O3S/c1-4-24-23(25-15-19-12-13-27(17-19)31(3,28)29)26-16-20-11-10-18(2)14-22(20)30-21-8-6-5-7-9-21/h5-11,14,19H,4,12-13,15-17H2,1-3H3,(H2,24,25,26). The van der Waals surface area contributed by atoms with E-state index in [1.807, 2.05) is 56.3 Å². The third-order valence-corrected chi connectivity index (χ3v) is 6.49. The molecule has 0 radical (unpaired) electrons. The molecule has 0 aliphatic carbocycles. The van der Waals surface area contributed by atoms with Gasteiger partial charge in [-0.2, -0.15) is 0 Å². The van der Waals surface area contributed by atoms with Crippen LogP contribution in [0, 0.1) is 12.8 Å². The highest BCUT2D eigenvalue weighted by Crippen LogP contribution is 2.27. The van der Waals surface area contributed by atoms with Gasteiger partial charge in [0.05, 0.1) is 12.8 Å². The number of aliphatic imine (C=N–C) groups is 1. The number of nitrogens with one attached hydrogen (secondary N) is 2. The minimum atomic E-state index is -3.12. The molecule has 2 aromatic rings. The summed E-state index contributed by atoms with van der Waals surface area (Å²) in [6.45, 7) is 7.09. The van der Waals surface area contributed by atoms with Gasteiger partial charge in [-0.05, 0) is 49.9 Å². The summed E-state index contributed by atoms with van der Waals surface area (Å²) in [5.74, 6) is 2.58. The second kappa shape index (κ2) is 10.6. The molecule has 1 unspecified atom stereocenters. The van der Waals surface area contributed by atoms with Gasteiger partial charge < -0.3 is 15.4 Å². The maximum absolute atomic E-state index is 11.7. The van der Waals surface area contributed by atoms with Gasteiger partial charge in [-0.3, -0.25) is 0 Å². The molecule has 2 aromatic carbocycles. The van der Waals surface area contributed by atoms with Crippen LogP contribution in [0.25, 0.3) is 0 Å². The molecule has 0 spiro atoms. The Bertz CT molecular complexity index is 993. The fourth-order valence-electron chi connectivity index (χ4n) is 3.51. The third-order valence-electron chi connectivity index (χ3n) is 5.22. The number of nitrogens with zero attached hydrogens (tertiary/aromatic N) is 2. The Hall–Kier alpha value is -2.58. The first-order chi connectivity index (χ1) is 14.8. The number of rotatable bonds is 8. The molecule has 8 heteroatoms. The van der Waals surface area contributed by atoms with Crippen LogP contribution in [-0.4, -0.2) is 51.1 Å². The minimum Gasteiger partial charge on any atom is -0.457 e. The number of sulfonamides is 1. The molecule has 0 amide bonds. The molecule has 0 saturated carbocycles. The largest absolute Gasteiger partial charge is 0.457 e. The van der Waals surface area contributed by atoms with Crippen LogP contribution in [0.1, 0.15) is 24.5 Å². The normalized spacial score (nSPS) is 17.5. The van der Waals surface area contributed by atoms with Crippen LogP contribution in [0.2, 0.25) is 0 Å². The zero-order valence-corrected chi connectivity index (χ0v) is 19.3. The van der Waals surface area contributed by atoms with Gasteiger partial charge in [-0.1, -0.05) is 30.3 Å². The van der Waals surface area contributed by atoms with E-state index in [0.29, 0.717) is 32.1 Å². The third kappa shape index (κ3) is 6.97. The first kappa shape index (κ1) is 23.1. The smallest absolute Gasteiger partial charge is 0.211 e. The summed E-state index contributed by atoms with van der Waals surface area (Å²) in [5, 5.41) is 6.63. The van der Waals surface area contributed by atoms with Crippen molar-refractivity contribution in [2.24, 2.45) is 10.9 Å². The molecule has 1 aliphatic heterocycles. The Morgan fingerprint density at radius 2 is 1.97 bits per heavy atom. The molecule has 168 valence electrons. The maximum Gasteiger partial charge on any atom is 0.211 e. The van der Waals surface area contributed by atoms with Gasteiger partial charge in [0.15, 0.2) is 5.96 Å². The number of ether oxygens (including phenoxy) is 1. The van der Waals surface area contributed by atoms with Gasteiger partial charge in [0.2, 0.25) is 10.0 Å². The monoisotopic (exact) mass is 444 g/mol. The SMILES string of the molecule is CCNC(=NCc1ccc(C)cc1Oc1ccccc1)NCC1CCN(S(C)(=O)=O)C1. The van der Waals surface area contributed by atoms with E-state index in [4.69, 9.17) is 9.73 Å². The van der Waals surface area contributed by atoms with E-state index in [1.54, 1.807) is 4.31 Å². The first-order valence-corrected chi connectivity index (χ1v) is 12.5. The Morgan fingerprint density at radius 1 is 1.19 bits per heavy atom. The molecule has 3 rings (SSSR count). The Balaban J connectivity index is 1.65. The Morgan fingerprint density at radius 3 is 2.65 bits per heavy atom. The van der Waals surface area contributed by atoms with Crippen molar-refractivity contribution in [3.05, 3.63) is 59.7 Å². The van der Waals surface area contributed by atoms with E-state index in [9.17, 15) is 8.42 Å². The van der Waals surface area contributed by atoms with Crippen LogP contribution < -0.4 is 15.4 Å². The molecule has 1 atom stereocenters. The predicted octanol–water partition coefficient (Wildman–Crippen LogP) is 3.12. The molecule has 7 nitrogen and oxygen atoms in total. The van der Waals surface area contributed by atoms with Crippen molar-refractivity contribution in [1.82, 2.24) is 14.9 Å². The van der Waals surface area contributed by atoms with Crippen LogP contribution in [0.5, 0.6) is 11.5 Å². The molecule has 1 heterocycles. The predicted molar refractivity (Wildman–Crippen MR) is 125 cm³/mol. The van der Waals surface area contributed by atoms with Crippen LogP contribution in [0.15, 0.2) is 53.5 Å². The molecule has 1 fully saturated rings. The second-order valence-electron chi connectivity index (χ2n) is 7.88.